The lowest BCUT2D eigenvalue weighted by Crippen LogP contribution is -2.29. The summed E-state index contributed by atoms with van der Waals surface area (Å²) in [5.41, 5.74) is 1.84. The molecule has 6 nitrogen and oxygen atoms in total. The molecule has 0 atom stereocenters. The summed E-state index contributed by atoms with van der Waals surface area (Å²) in [6.45, 7) is 8.28. The van der Waals surface area contributed by atoms with Gasteiger partial charge in [-0.1, -0.05) is 45.0 Å². The lowest BCUT2D eigenvalue weighted by molar-refractivity contribution is 0.0599. The van der Waals surface area contributed by atoms with Crippen molar-refractivity contribution in [3.63, 3.8) is 0 Å². The van der Waals surface area contributed by atoms with Gasteiger partial charge < -0.3 is 9.47 Å². The van der Waals surface area contributed by atoms with Gasteiger partial charge in [-0.3, -0.25) is 0 Å². The minimum atomic E-state index is -3.77. The lowest BCUT2D eigenvalue weighted by Gasteiger charge is -2.22. The Morgan fingerprint density at radius 3 is 2.43 bits per heavy atom. The highest BCUT2D eigenvalue weighted by atomic mass is 32.2. The van der Waals surface area contributed by atoms with Crippen molar-refractivity contribution in [2.45, 2.75) is 38.0 Å². The third-order valence-electron chi connectivity index (χ3n) is 4.27. The van der Waals surface area contributed by atoms with Gasteiger partial charge in [-0.2, -0.15) is 0 Å². The fourth-order valence-corrected chi connectivity index (χ4v) is 3.77. The van der Waals surface area contributed by atoms with Gasteiger partial charge in [-0.05, 0) is 41.7 Å². The van der Waals surface area contributed by atoms with Crippen molar-refractivity contribution in [1.82, 2.24) is 4.72 Å². The van der Waals surface area contributed by atoms with E-state index in [0.29, 0.717) is 5.56 Å². The largest absolute Gasteiger partial charge is 0.492 e. The van der Waals surface area contributed by atoms with E-state index in [1.807, 2.05) is 24.3 Å². The highest BCUT2D eigenvalue weighted by Gasteiger charge is 2.20. The normalized spacial score (nSPS) is 11.9. The quantitative estimate of drug-likeness (QED) is 0.564. The molecule has 152 valence electrons. The SMILES string of the molecule is COC(=O)c1cc(S(=O)(=O)NCCOc2ccccc2C(C)(C)C)ccc1C. The Morgan fingerprint density at radius 1 is 1.11 bits per heavy atom. The predicted molar refractivity (Wildman–Crippen MR) is 108 cm³/mol. The second-order valence-electron chi connectivity index (χ2n) is 7.46. The number of nitrogens with one attached hydrogen (secondary N) is 1. The summed E-state index contributed by atoms with van der Waals surface area (Å²) >= 11 is 0. The van der Waals surface area contributed by atoms with Crippen LogP contribution in [0.3, 0.4) is 0 Å². The van der Waals surface area contributed by atoms with E-state index >= 15 is 0 Å². The van der Waals surface area contributed by atoms with Crippen LogP contribution in [0.1, 0.15) is 42.3 Å². The summed E-state index contributed by atoms with van der Waals surface area (Å²) < 4.78 is 38.0. The van der Waals surface area contributed by atoms with Crippen LogP contribution >= 0.6 is 0 Å². The molecular formula is C21H27NO5S. The van der Waals surface area contributed by atoms with Crippen molar-refractivity contribution >= 4 is 16.0 Å². The molecule has 28 heavy (non-hydrogen) atoms. The number of methoxy groups -OCH3 is 1. The number of ether oxygens (including phenoxy) is 2. The van der Waals surface area contributed by atoms with E-state index in [4.69, 9.17) is 9.47 Å². The highest BCUT2D eigenvalue weighted by Crippen LogP contribution is 2.30. The van der Waals surface area contributed by atoms with Gasteiger partial charge in [-0.25, -0.2) is 17.9 Å². The molecule has 0 bridgehead atoms. The van der Waals surface area contributed by atoms with Gasteiger partial charge in [0.25, 0.3) is 0 Å². The van der Waals surface area contributed by atoms with Crippen LogP contribution in [-0.2, 0) is 20.2 Å². The first-order valence-corrected chi connectivity index (χ1v) is 10.5. The zero-order chi connectivity index (χ0) is 20.9. The molecule has 0 aliphatic heterocycles. The van der Waals surface area contributed by atoms with Gasteiger partial charge in [0.2, 0.25) is 10.0 Å². The monoisotopic (exact) mass is 405 g/mol. The maximum atomic E-state index is 12.5. The van der Waals surface area contributed by atoms with Crippen LogP contribution in [0.4, 0.5) is 0 Å². The van der Waals surface area contributed by atoms with Crippen molar-refractivity contribution in [1.29, 1.82) is 0 Å². The molecule has 2 rings (SSSR count). The number of benzene rings is 2. The molecule has 0 fully saturated rings. The van der Waals surface area contributed by atoms with Crippen LogP contribution in [-0.4, -0.2) is 34.6 Å². The summed E-state index contributed by atoms with van der Waals surface area (Å²) in [5.74, 6) is 0.161. The Hall–Kier alpha value is -2.38. The second-order valence-corrected chi connectivity index (χ2v) is 9.23. The van der Waals surface area contributed by atoms with Crippen molar-refractivity contribution in [3.8, 4) is 5.75 Å². The number of sulfonamides is 1. The number of esters is 1. The topological polar surface area (TPSA) is 81.7 Å². The van der Waals surface area contributed by atoms with E-state index in [9.17, 15) is 13.2 Å². The van der Waals surface area contributed by atoms with Gasteiger partial charge in [0.05, 0.1) is 17.6 Å². The third kappa shape index (κ3) is 5.33. The first-order chi connectivity index (χ1) is 13.1. The van der Waals surface area contributed by atoms with Gasteiger partial charge >= 0.3 is 5.97 Å². The van der Waals surface area contributed by atoms with Crippen LogP contribution in [0.25, 0.3) is 0 Å². The fourth-order valence-electron chi connectivity index (χ4n) is 2.73. The number of para-hydroxylation sites is 1. The van der Waals surface area contributed by atoms with Gasteiger partial charge in [-0.15, -0.1) is 0 Å². The van der Waals surface area contributed by atoms with E-state index in [1.165, 1.54) is 19.2 Å². The van der Waals surface area contributed by atoms with Crippen molar-refractivity contribution < 1.29 is 22.7 Å². The molecule has 0 spiro atoms. The molecule has 0 saturated heterocycles. The molecule has 0 radical (unpaired) electrons. The maximum Gasteiger partial charge on any atom is 0.338 e. The molecule has 2 aromatic carbocycles. The van der Waals surface area contributed by atoms with Gasteiger partial charge in [0.15, 0.2) is 0 Å². The molecule has 7 heteroatoms. The Morgan fingerprint density at radius 2 is 1.79 bits per heavy atom. The number of rotatable bonds is 7. The number of carbonyl (C=O) groups is 1. The molecule has 0 amide bonds. The summed E-state index contributed by atoms with van der Waals surface area (Å²) in [5, 5.41) is 0. The Kier molecular flexibility index (Phi) is 6.85. The molecule has 2 aromatic rings. The first kappa shape index (κ1) is 21.9. The summed E-state index contributed by atoms with van der Waals surface area (Å²) in [6, 6.07) is 12.1. The Bertz CT molecular complexity index is 946. The first-order valence-electron chi connectivity index (χ1n) is 8.97. The highest BCUT2D eigenvalue weighted by molar-refractivity contribution is 7.89. The smallest absolute Gasteiger partial charge is 0.338 e. The maximum absolute atomic E-state index is 12.5. The van der Waals surface area contributed by atoms with Crippen LogP contribution in [0.15, 0.2) is 47.4 Å². The molecule has 0 saturated carbocycles. The molecule has 0 aromatic heterocycles. The standard InChI is InChI=1S/C21H27NO5S/c1-15-10-11-16(14-17(15)20(23)26-5)28(24,25)22-12-13-27-19-9-7-6-8-18(19)21(2,3)4/h6-11,14,22H,12-13H2,1-5H3. The summed E-state index contributed by atoms with van der Waals surface area (Å²) in [6.07, 6.45) is 0. The van der Waals surface area contributed by atoms with E-state index in [-0.39, 0.29) is 29.0 Å². The van der Waals surface area contributed by atoms with Crippen molar-refractivity contribution in [2.75, 3.05) is 20.3 Å². The van der Waals surface area contributed by atoms with Crippen LogP contribution in [0.5, 0.6) is 5.75 Å². The second kappa shape index (κ2) is 8.75. The Labute approximate surface area is 166 Å². The zero-order valence-electron chi connectivity index (χ0n) is 16.9. The lowest BCUT2D eigenvalue weighted by atomic mass is 9.86. The van der Waals surface area contributed by atoms with Crippen LogP contribution < -0.4 is 9.46 Å². The minimum absolute atomic E-state index is 0.00796. The summed E-state index contributed by atoms with van der Waals surface area (Å²) in [4.78, 5) is 11.8. The number of carbonyl (C=O) groups excluding carboxylic acids is 1. The van der Waals surface area contributed by atoms with Crippen LogP contribution in [0.2, 0.25) is 0 Å². The average molecular weight is 406 g/mol. The Balaban J connectivity index is 2.05. The molecule has 0 aliphatic rings. The molecule has 0 heterocycles. The molecule has 0 unspecified atom stereocenters. The van der Waals surface area contributed by atoms with E-state index < -0.39 is 16.0 Å². The fraction of sp³-hybridized carbons (Fsp3) is 0.381. The summed E-state index contributed by atoms with van der Waals surface area (Å²) in [7, 11) is -2.51. The van der Waals surface area contributed by atoms with E-state index in [0.717, 1.165) is 11.3 Å². The van der Waals surface area contributed by atoms with E-state index in [2.05, 4.69) is 25.5 Å². The predicted octanol–water partition coefficient (Wildman–Crippen LogP) is 3.44. The van der Waals surface area contributed by atoms with Crippen molar-refractivity contribution in [2.24, 2.45) is 0 Å². The average Bonchev–Trinajstić information content (AvgIpc) is 2.64. The van der Waals surface area contributed by atoms with Gasteiger partial charge in [0.1, 0.15) is 12.4 Å². The van der Waals surface area contributed by atoms with Gasteiger partial charge in [0, 0.05) is 6.54 Å². The minimum Gasteiger partial charge on any atom is -0.492 e. The van der Waals surface area contributed by atoms with Crippen LogP contribution in [0, 0.1) is 6.92 Å². The number of hydrogen-bond donors (Lipinski definition) is 1. The molecular weight excluding hydrogens is 378 g/mol. The number of aryl methyl sites for hydroxylation is 1. The molecule has 0 aliphatic carbocycles. The molecule has 1 N–H and O–H groups in total. The number of hydrogen-bond acceptors (Lipinski definition) is 5. The van der Waals surface area contributed by atoms with Crippen molar-refractivity contribution in [3.05, 3.63) is 59.2 Å². The third-order valence-corrected chi connectivity index (χ3v) is 5.73. The zero-order valence-corrected chi connectivity index (χ0v) is 17.7. The van der Waals surface area contributed by atoms with E-state index in [1.54, 1.807) is 13.0 Å².